The summed E-state index contributed by atoms with van der Waals surface area (Å²) < 4.78 is 53.7. The van der Waals surface area contributed by atoms with Crippen LogP contribution >= 0.6 is 0 Å². The molecule has 1 aromatic carbocycles. The first-order valence-corrected chi connectivity index (χ1v) is 7.28. The number of halogens is 2. The van der Waals surface area contributed by atoms with Crippen LogP contribution in [0.15, 0.2) is 23.1 Å². The molecule has 0 atom stereocenters. The summed E-state index contributed by atoms with van der Waals surface area (Å²) in [5.74, 6) is 0. The van der Waals surface area contributed by atoms with E-state index in [0.29, 0.717) is 12.2 Å². The fraction of sp³-hybridized carbons (Fsp3) is 0.455. The van der Waals surface area contributed by atoms with E-state index in [-0.39, 0.29) is 17.2 Å². The minimum absolute atomic E-state index is 0.0144. The van der Waals surface area contributed by atoms with E-state index in [1.807, 2.05) is 0 Å². The summed E-state index contributed by atoms with van der Waals surface area (Å²) in [7, 11) is -2.30. The van der Waals surface area contributed by atoms with Gasteiger partial charge in [0.05, 0.1) is 12.3 Å². The Bertz CT molecular complexity index is 538. The van der Waals surface area contributed by atoms with Gasteiger partial charge >= 0.3 is 0 Å². The van der Waals surface area contributed by atoms with Crippen molar-refractivity contribution < 1.29 is 21.9 Å². The minimum Gasteiger partial charge on any atom is -0.398 e. The van der Waals surface area contributed by atoms with E-state index in [0.717, 1.165) is 0 Å². The number of benzene rings is 1. The predicted octanol–water partition coefficient (Wildman–Crippen LogP) is 0.870. The van der Waals surface area contributed by atoms with E-state index in [1.165, 1.54) is 25.2 Å². The number of nitrogen functional groups attached to an aromatic ring is 1. The molecule has 4 N–H and O–H groups in total. The highest BCUT2D eigenvalue weighted by atomic mass is 32.2. The van der Waals surface area contributed by atoms with Crippen molar-refractivity contribution in [3.05, 3.63) is 18.2 Å². The van der Waals surface area contributed by atoms with Gasteiger partial charge in [0.1, 0.15) is 11.5 Å². The van der Waals surface area contributed by atoms with Crippen LogP contribution in [-0.4, -0.2) is 41.6 Å². The standard InChI is InChI=1S/C11H17F2N3O3S/c1-15-20(17,18)10-3-2-8(6-9(10)14)16-4-5-19-7-11(12)13/h2-3,6,11,15-16H,4-5,7,14H2,1H3. The summed E-state index contributed by atoms with van der Waals surface area (Å²) in [6.45, 7) is -0.186. The molecule has 1 rings (SSSR count). The molecule has 9 heteroatoms. The number of nitrogens with two attached hydrogens (primary N) is 1. The molecule has 0 spiro atoms. The van der Waals surface area contributed by atoms with Crippen LogP contribution in [0.4, 0.5) is 20.2 Å². The number of ether oxygens (including phenoxy) is 1. The van der Waals surface area contributed by atoms with Crippen molar-refractivity contribution in [3.63, 3.8) is 0 Å². The third-order valence-electron chi connectivity index (χ3n) is 2.39. The maximum atomic E-state index is 11.8. The summed E-state index contributed by atoms with van der Waals surface area (Å²) in [5.41, 5.74) is 6.34. The van der Waals surface area contributed by atoms with Crippen LogP contribution in [0, 0.1) is 0 Å². The molecule has 0 aromatic heterocycles. The molecule has 6 nitrogen and oxygen atoms in total. The number of nitrogens with one attached hydrogen (secondary N) is 2. The molecule has 0 saturated carbocycles. The van der Waals surface area contributed by atoms with E-state index in [1.54, 1.807) is 0 Å². The summed E-state index contributed by atoms with van der Waals surface area (Å²) in [5, 5.41) is 2.89. The van der Waals surface area contributed by atoms with Crippen molar-refractivity contribution in [2.75, 3.05) is 37.9 Å². The summed E-state index contributed by atoms with van der Waals surface area (Å²) >= 11 is 0. The highest BCUT2D eigenvalue weighted by Crippen LogP contribution is 2.21. The lowest BCUT2D eigenvalue weighted by molar-refractivity contribution is 0.0215. The van der Waals surface area contributed by atoms with Gasteiger partial charge in [-0.1, -0.05) is 0 Å². The van der Waals surface area contributed by atoms with Gasteiger partial charge in [0, 0.05) is 12.2 Å². The maximum Gasteiger partial charge on any atom is 0.261 e. The van der Waals surface area contributed by atoms with Crippen molar-refractivity contribution in [1.29, 1.82) is 0 Å². The summed E-state index contributed by atoms with van der Waals surface area (Å²) in [6, 6.07) is 4.36. The number of rotatable bonds is 8. The Labute approximate surface area is 116 Å². The minimum atomic E-state index is -3.60. The van der Waals surface area contributed by atoms with Crippen molar-refractivity contribution in [1.82, 2.24) is 4.72 Å². The molecule has 114 valence electrons. The lowest BCUT2D eigenvalue weighted by Crippen LogP contribution is -2.20. The van der Waals surface area contributed by atoms with Gasteiger partial charge in [-0.3, -0.25) is 0 Å². The van der Waals surface area contributed by atoms with Crippen LogP contribution in [0.1, 0.15) is 0 Å². The Morgan fingerprint density at radius 3 is 2.65 bits per heavy atom. The van der Waals surface area contributed by atoms with E-state index in [2.05, 4.69) is 10.0 Å². The van der Waals surface area contributed by atoms with Crippen molar-refractivity contribution in [3.8, 4) is 0 Å². The van der Waals surface area contributed by atoms with Gasteiger partial charge in [-0.15, -0.1) is 0 Å². The maximum absolute atomic E-state index is 11.8. The van der Waals surface area contributed by atoms with Crippen molar-refractivity contribution in [2.45, 2.75) is 11.3 Å². The third-order valence-corrected chi connectivity index (χ3v) is 3.88. The zero-order valence-corrected chi connectivity index (χ0v) is 11.7. The zero-order valence-electron chi connectivity index (χ0n) is 10.9. The Morgan fingerprint density at radius 2 is 2.10 bits per heavy atom. The predicted molar refractivity (Wildman–Crippen MR) is 72.4 cm³/mol. The van der Waals surface area contributed by atoms with Gasteiger partial charge in [-0.25, -0.2) is 21.9 Å². The molecule has 0 saturated heterocycles. The number of hydrogen-bond acceptors (Lipinski definition) is 5. The van der Waals surface area contributed by atoms with Gasteiger partial charge in [-0.2, -0.15) is 0 Å². The fourth-order valence-electron chi connectivity index (χ4n) is 1.45. The highest BCUT2D eigenvalue weighted by molar-refractivity contribution is 7.89. The number of anilines is 2. The number of sulfonamides is 1. The van der Waals surface area contributed by atoms with Crippen molar-refractivity contribution in [2.24, 2.45) is 0 Å². The first kappa shape index (κ1) is 16.6. The van der Waals surface area contributed by atoms with E-state index in [4.69, 9.17) is 10.5 Å². The third kappa shape index (κ3) is 4.91. The van der Waals surface area contributed by atoms with Gasteiger partial charge in [0.2, 0.25) is 10.0 Å². The van der Waals surface area contributed by atoms with Gasteiger partial charge < -0.3 is 15.8 Å². The lowest BCUT2D eigenvalue weighted by atomic mass is 10.3. The van der Waals surface area contributed by atoms with Crippen LogP contribution in [0.3, 0.4) is 0 Å². The Hall–Kier alpha value is -1.45. The molecule has 0 fully saturated rings. The number of alkyl halides is 2. The average molecular weight is 309 g/mol. The van der Waals surface area contributed by atoms with Gasteiger partial charge in [0.15, 0.2) is 0 Å². The van der Waals surface area contributed by atoms with E-state index in [9.17, 15) is 17.2 Å². The molecule has 0 radical (unpaired) electrons. The van der Waals surface area contributed by atoms with E-state index < -0.39 is 23.1 Å². The number of hydrogen-bond donors (Lipinski definition) is 3. The quantitative estimate of drug-likeness (QED) is 0.489. The monoisotopic (exact) mass is 309 g/mol. The molecule has 0 aliphatic carbocycles. The topological polar surface area (TPSA) is 93.5 Å². The van der Waals surface area contributed by atoms with Crippen LogP contribution in [0.5, 0.6) is 0 Å². The second-order valence-corrected chi connectivity index (χ2v) is 5.71. The largest absolute Gasteiger partial charge is 0.398 e. The lowest BCUT2D eigenvalue weighted by Gasteiger charge is -2.10. The molecule has 20 heavy (non-hydrogen) atoms. The first-order chi connectivity index (χ1) is 9.36. The summed E-state index contributed by atoms with van der Waals surface area (Å²) in [6.07, 6.45) is -2.49. The van der Waals surface area contributed by atoms with Gasteiger partial charge in [0.25, 0.3) is 6.43 Å². The van der Waals surface area contributed by atoms with E-state index >= 15 is 0 Å². The average Bonchev–Trinajstić information content (AvgIpc) is 2.37. The van der Waals surface area contributed by atoms with Crippen LogP contribution in [0.25, 0.3) is 0 Å². The van der Waals surface area contributed by atoms with Crippen LogP contribution in [0.2, 0.25) is 0 Å². The van der Waals surface area contributed by atoms with Crippen LogP contribution in [-0.2, 0) is 14.8 Å². The van der Waals surface area contributed by atoms with Crippen molar-refractivity contribution >= 4 is 21.4 Å². The molecule has 0 aliphatic heterocycles. The van der Waals surface area contributed by atoms with Gasteiger partial charge in [-0.05, 0) is 25.2 Å². The van der Waals surface area contributed by atoms with Crippen LogP contribution < -0.4 is 15.8 Å². The smallest absolute Gasteiger partial charge is 0.261 e. The second kappa shape index (κ2) is 7.36. The highest BCUT2D eigenvalue weighted by Gasteiger charge is 2.15. The SMILES string of the molecule is CNS(=O)(=O)c1ccc(NCCOCC(F)F)cc1N. The molecule has 0 unspecified atom stereocenters. The zero-order chi connectivity index (χ0) is 15.2. The molecular formula is C11H17F2N3O3S. The molecule has 0 aliphatic rings. The molecule has 0 amide bonds. The molecular weight excluding hydrogens is 292 g/mol. The fourth-order valence-corrected chi connectivity index (χ4v) is 2.29. The molecule has 0 heterocycles. The first-order valence-electron chi connectivity index (χ1n) is 5.79. The molecule has 0 bridgehead atoms. The Kier molecular flexibility index (Phi) is 6.11. The Morgan fingerprint density at radius 1 is 1.40 bits per heavy atom. The summed E-state index contributed by atoms with van der Waals surface area (Å²) in [4.78, 5) is -0.0144. The normalized spacial score (nSPS) is 11.8. The molecule has 1 aromatic rings. The second-order valence-electron chi connectivity index (χ2n) is 3.85. The Balaban J connectivity index is 2.56.